The second-order valence-corrected chi connectivity index (χ2v) is 4.32. The minimum Gasteiger partial charge on any atom is -0.463 e. The van der Waals surface area contributed by atoms with E-state index in [-0.39, 0.29) is 5.97 Å². The fourth-order valence-electron chi connectivity index (χ4n) is 1.52. The first-order valence-electron chi connectivity index (χ1n) is 4.98. The smallest absolute Gasteiger partial charge is 0.342 e. The lowest BCUT2D eigenvalue weighted by molar-refractivity contribution is 0.0527. The summed E-state index contributed by atoms with van der Waals surface area (Å²) in [7, 11) is 0. The number of ether oxygens (including phenoxy) is 1. The summed E-state index contributed by atoms with van der Waals surface area (Å²) >= 11 is 3.42. The van der Waals surface area contributed by atoms with Gasteiger partial charge in [-0.25, -0.2) is 4.79 Å². The molecule has 0 aliphatic rings. The molecule has 4 heteroatoms. The van der Waals surface area contributed by atoms with Crippen LogP contribution in [0.3, 0.4) is 0 Å². The van der Waals surface area contributed by atoms with Crippen molar-refractivity contribution in [2.45, 2.75) is 13.8 Å². The summed E-state index contributed by atoms with van der Waals surface area (Å²) in [6, 6.07) is 3.77. The van der Waals surface area contributed by atoms with Crippen LogP contribution in [0.2, 0.25) is 0 Å². The number of aryl methyl sites for hydroxylation is 1. The number of rotatable bonds is 2. The Kier molecular flexibility index (Phi) is 3.01. The number of esters is 1. The molecule has 0 bridgehead atoms. The van der Waals surface area contributed by atoms with Crippen LogP contribution in [0, 0.1) is 6.92 Å². The summed E-state index contributed by atoms with van der Waals surface area (Å²) in [5, 5.41) is 0.791. The van der Waals surface area contributed by atoms with Crippen LogP contribution in [0.15, 0.2) is 27.3 Å². The summed E-state index contributed by atoms with van der Waals surface area (Å²) in [4.78, 5) is 11.6. The van der Waals surface area contributed by atoms with Gasteiger partial charge in [0.25, 0.3) is 0 Å². The van der Waals surface area contributed by atoms with Crippen molar-refractivity contribution in [2.24, 2.45) is 0 Å². The molecular formula is C12H11BrO3. The third-order valence-corrected chi connectivity index (χ3v) is 3.20. The van der Waals surface area contributed by atoms with E-state index in [0.29, 0.717) is 17.8 Å². The van der Waals surface area contributed by atoms with Gasteiger partial charge in [0.2, 0.25) is 0 Å². The molecule has 2 aromatic rings. The van der Waals surface area contributed by atoms with Gasteiger partial charge in [0, 0.05) is 9.86 Å². The first-order valence-corrected chi connectivity index (χ1v) is 5.77. The van der Waals surface area contributed by atoms with Crippen LogP contribution >= 0.6 is 15.9 Å². The molecule has 0 unspecified atom stereocenters. The van der Waals surface area contributed by atoms with Gasteiger partial charge in [-0.1, -0.05) is 15.9 Å². The average molecular weight is 283 g/mol. The van der Waals surface area contributed by atoms with Crippen molar-refractivity contribution in [1.29, 1.82) is 0 Å². The van der Waals surface area contributed by atoms with Crippen molar-refractivity contribution in [3.8, 4) is 0 Å². The fraction of sp³-hybridized carbons (Fsp3) is 0.250. The zero-order valence-electron chi connectivity index (χ0n) is 9.04. The Bertz CT molecular complexity index is 542. The normalized spacial score (nSPS) is 10.7. The number of fused-ring (bicyclic) bond motifs is 1. The summed E-state index contributed by atoms with van der Waals surface area (Å²) < 4.78 is 11.2. The van der Waals surface area contributed by atoms with E-state index in [1.165, 1.54) is 6.26 Å². The van der Waals surface area contributed by atoms with Crippen molar-refractivity contribution in [3.05, 3.63) is 34.0 Å². The van der Waals surface area contributed by atoms with E-state index in [0.717, 1.165) is 15.4 Å². The van der Waals surface area contributed by atoms with Crippen LogP contribution in [0.5, 0.6) is 0 Å². The Hall–Kier alpha value is -1.29. The summed E-state index contributed by atoms with van der Waals surface area (Å²) in [6.45, 7) is 4.11. The lowest BCUT2D eigenvalue weighted by Gasteiger charge is -2.00. The monoisotopic (exact) mass is 282 g/mol. The largest absolute Gasteiger partial charge is 0.463 e. The number of hydrogen-bond acceptors (Lipinski definition) is 3. The predicted molar refractivity (Wildman–Crippen MR) is 64.6 cm³/mol. The molecule has 2 rings (SSSR count). The van der Waals surface area contributed by atoms with Crippen molar-refractivity contribution in [2.75, 3.05) is 6.61 Å². The molecule has 0 aliphatic heterocycles. The third kappa shape index (κ3) is 1.85. The van der Waals surface area contributed by atoms with Gasteiger partial charge in [0.05, 0.1) is 6.61 Å². The van der Waals surface area contributed by atoms with E-state index in [2.05, 4.69) is 15.9 Å². The number of carbonyl (C=O) groups excluding carboxylic acids is 1. The second-order valence-electron chi connectivity index (χ2n) is 3.47. The minimum atomic E-state index is -0.344. The Morgan fingerprint density at radius 1 is 1.50 bits per heavy atom. The van der Waals surface area contributed by atoms with Gasteiger partial charge in [-0.3, -0.25) is 0 Å². The van der Waals surface area contributed by atoms with E-state index in [9.17, 15) is 4.79 Å². The highest BCUT2D eigenvalue weighted by Gasteiger charge is 2.15. The van der Waals surface area contributed by atoms with Crippen molar-refractivity contribution >= 4 is 32.9 Å². The number of hydrogen-bond donors (Lipinski definition) is 0. The van der Waals surface area contributed by atoms with Crippen LogP contribution in [0.25, 0.3) is 11.0 Å². The molecule has 0 atom stereocenters. The van der Waals surface area contributed by atoms with Crippen molar-refractivity contribution in [1.82, 2.24) is 0 Å². The number of carbonyl (C=O) groups is 1. The summed E-state index contributed by atoms with van der Waals surface area (Å²) in [6.07, 6.45) is 1.44. The Balaban J connectivity index is 2.56. The number of furan rings is 1. The van der Waals surface area contributed by atoms with Crippen LogP contribution in [-0.2, 0) is 4.74 Å². The molecule has 0 N–H and O–H groups in total. The van der Waals surface area contributed by atoms with Gasteiger partial charge in [-0.2, -0.15) is 0 Å². The molecule has 0 radical (unpaired) electrons. The molecule has 3 nitrogen and oxygen atoms in total. The predicted octanol–water partition coefficient (Wildman–Crippen LogP) is 3.68. The lowest BCUT2D eigenvalue weighted by Crippen LogP contribution is -2.03. The Morgan fingerprint density at radius 3 is 2.94 bits per heavy atom. The van der Waals surface area contributed by atoms with Crippen molar-refractivity contribution < 1.29 is 13.9 Å². The van der Waals surface area contributed by atoms with E-state index in [4.69, 9.17) is 9.15 Å². The van der Waals surface area contributed by atoms with Gasteiger partial charge < -0.3 is 9.15 Å². The Morgan fingerprint density at radius 2 is 2.25 bits per heavy atom. The maximum atomic E-state index is 11.6. The van der Waals surface area contributed by atoms with Crippen LogP contribution in [0.4, 0.5) is 0 Å². The summed E-state index contributed by atoms with van der Waals surface area (Å²) in [5.74, 6) is -0.344. The molecule has 0 spiro atoms. The van der Waals surface area contributed by atoms with Crippen LogP contribution in [-0.4, -0.2) is 12.6 Å². The molecule has 0 saturated carbocycles. The van der Waals surface area contributed by atoms with Gasteiger partial charge >= 0.3 is 5.97 Å². The Labute approximate surface area is 102 Å². The molecule has 0 amide bonds. The first-order chi connectivity index (χ1) is 7.63. The highest BCUT2D eigenvalue weighted by Crippen LogP contribution is 2.28. The van der Waals surface area contributed by atoms with Crippen LogP contribution in [0.1, 0.15) is 22.8 Å². The molecule has 1 aromatic carbocycles. The third-order valence-electron chi connectivity index (χ3n) is 2.35. The second kappa shape index (κ2) is 4.29. The lowest BCUT2D eigenvalue weighted by atomic mass is 10.1. The van der Waals surface area contributed by atoms with E-state index < -0.39 is 0 Å². The average Bonchev–Trinajstić information content (AvgIpc) is 2.62. The zero-order chi connectivity index (χ0) is 11.7. The van der Waals surface area contributed by atoms with Gasteiger partial charge in [-0.05, 0) is 31.5 Å². The van der Waals surface area contributed by atoms with Gasteiger partial charge in [0.1, 0.15) is 17.4 Å². The molecule has 1 heterocycles. The first kappa shape index (κ1) is 11.2. The highest BCUT2D eigenvalue weighted by molar-refractivity contribution is 9.10. The molecule has 0 aliphatic carbocycles. The fourth-order valence-corrected chi connectivity index (χ4v) is 1.85. The van der Waals surface area contributed by atoms with E-state index in [1.807, 2.05) is 19.1 Å². The summed E-state index contributed by atoms with van der Waals surface area (Å²) in [5.41, 5.74) is 2.22. The molecule has 1 aromatic heterocycles. The van der Waals surface area contributed by atoms with E-state index in [1.54, 1.807) is 6.92 Å². The molecule has 0 saturated heterocycles. The van der Waals surface area contributed by atoms with Gasteiger partial charge in [0.15, 0.2) is 0 Å². The maximum absolute atomic E-state index is 11.6. The molecule has 0 fully saturated rings. The molecular weight excluding hydrogens is 272 g/mol. The zero-order valence-corrected chi connectivity index (χ0v) is 10.6. The minimum absolute atomic E-state index is 0.344. The quantitative estimate of drug-likeness (QED) is 0.789. The maximum Gasteiger partial charge on any atom is 0.342 e. The van der Waals surface area contributed by atoms with Crippen molar-refractivity contribution in [3.63, 3.8) is 0 Å². The van der Waals surface area contributed by atoms with E-state index >= 15 is 0 Å². The van der Waals surface area contributed by atoms with Crippen LogP contribution < -0.4 is 0 Å². The topological polar surface area (TPSA) is 39.4 Å². The molecule has 84 valence electrons. The highest BCUT2D eigenvalue weighted by atomic mass is 79.9. The standard InChI is InChI=1S/C12H11BrO3/c1-3-15-12(14)9-6-16-11-5-10(13)7(2)4-8(9)11/h4-6H,3H2,1-2H3. The van der Waals surface area contributed by atoms with Gasteiger partial charge in [-0.15, -0.1) is 0 Å². The molecule has 16 heavy (non-hydrogen) atoms. The number of benzene rings is 1. The SMILES string of the molecule is CCOC(=O)c1coc2cc(Br)c(C)cc12. The number of halogens is 1.